The largest absolute Gasteiger partial charge is 0.391 e. The zero-order valence-corrected chi connectivity index (χ0v) is 18.2. The Morgan fingerprint density at radius 3 is 2.14 bits per heavy atom. The first-order valence-electron chi connectivity index (χ1n) is 10.9. The number of rotatable bonds is 12. The van der Waals surface area contributed by atoms with Gasteiger partial charge in [-0.15, -0.1) is 0 Å². The van der Waals surface area contributed by atoms with E-state index in [1.165, 1.54) is 13.3 Å². The van der Waals surface area contributed by atoms with Gasteiger partial charge in [0.15, 0.2) is 5.78 Å². The van der Waals surface area contributed by atoms with Crippen molar-refractivity contribution in [2.24, 2.45) is 29.2 Å². The molecule has 2 unspecified atom stereocenters. The van der Waals surface area contributed by atoms with Crippen molar-refractivity contribution in [1.29, 1.82) is 0 Å². The molecule has 29 heavy (non-hydrogen) atoms. The molecule has 8 heteroatoms. The molecule has 0 saturated heterocycles. The lowest BCUT2D eigenvalue weighted by Crippen LogP contribution is -2.56. The summed E-state index contributed by atoms with van der Waals surface area (Å²) in [7, 11) is 0. The van der Waals surface area contributed by atoms with Crippen LogP contribution in [0.5, 0.6) is 0 Å². The third-order valence-corrected chi connectivity index (χ3v) is 5.83. The van der Waals surface area contributed by atoms with Crippen molar-refractivity contribution in [2.45, 2.75) is 83.9 Å². The summed E-state index contributed by atoms with van der Waals surface area (Å²) >= 11 is 0. The van der Waals surface area contributed by atoms with E-state index in [0.29, 0.717) is 18.9 Å². The fourth-order valence-electron chi connectivity index (χ4n) is 4.04. The quantitative estimate of drug-likeness (QED) is 0.314. The van der Waals surface area contributed by atoms with Gasteiger partial charge in [-0.05, 0) is 38.3 Å². The zero-order chi connectivity index (χ0) is 22.0. The molecule has 0 spiro atoms. The van der Waals surface area contributed by atoms with Crippen molar-refractivity contribution in [1.82, 2.24) is 10.6 Å². The van der Waals surface area contributed by atoms with Gasteiger partial charge in [-0.2, -0.15) is 0 Å². The van der Waals surface area contributed by atoms with E-state index >= 15 is 0 Å². The summed E-state index contributed by atoms with van der Waals surface area (Å²) in [5.41, 5.74) is 11.5. The maximum Gasteiger partial charge on any atom is 0.245 e. The van der Waals surface area contributed by atoms with Crippen LogP contribution in [0.25, 0.3) is 0 Å². The number of hydrogen-bond acceptors (Lipinski definition) is 6. The first-order chi connectivity index (χ1) is 13.7. The maximum absolute atomic E-state index is 12.7. The van der Waals surface area contributed by atoms with Crippen LogP contribution in [0.2, 0.25) is 0 Å². The van der Waals surface area contributed by atoms with Gasteiger partial charge >= 0.3 is 0 Å². The Kier molecular flexibility index (Phi) is 11.4. The molecule has 1 fully saturated rings. The molecular weight excluding hydrogens is 372 g/mol. The molecule has 7 N–H and O–H groups in total. The molecule has 1 rings (SSSR count). The number of Topliss-reactive ketones (excluding diaryl/α,β-unsaturated/α-hetero) is 1. The standard InChI is InChI=1S/C21H40N4O4/c1-13(2)20(28)17(9-10-22)24-21(29)19(14(3)26)25-18(27)11-16(12-23)15-7-5-4-6-8-15/h13-17,19,26H,4-12,22-23H2,1-3H3,(H,24,29)(H,25,27)/t14?,16?,17-,19-/m0/s1. The molecule has 8 nitrogen and oxygen atoms in total. The second kappa shape index (κ2) is 12.9. The first-order valence-corrected chi connectivity index (χ1v) is 10.9. The highest BCUT2D eigenvalue weighted by molar-refractivity contribution is 5.93. The van der Waals surface area contributed by atoms with E-state index in [4.69, 9.17) is 11.5 Å². The predicted octanol–water partition coefficient (Wildman–Crippen LogP) is 0.456. The van der Waals surface area contributed by atoms with E-state index in [2.05, 4.69) is 10.6 Å². The van der Waals surface area contributed by atoms with E-state index in [-0.39, 0.29) is 36.5 Å². The van der Waals surface area contributed by atoms with E-state index in [0.717, 1.165) is 25.7 Å². The molecule has 1 aliphatic carbocycles. The topological polar surface area (TPSA) is 148 Å². The van der Waals surface area contributed by atoms with E-state index in [1.807, 2.05) is 0 Å². The Labute approximate surface area is 174 Å². The van der Waals surface area contributed by atoms with Gasteiger partial charge in [-0.3, -0.25) is 14.4 Å². The number of nitrogens with one attached hydrogen (secondary N) is 2. The lowest BCUT2D eigenvalue weighted by molar-refractivity contribution is -0.134. The smallest absolute Gasteiger partial charge is 0.245 e. The van der Waals surface area contributed by atoms with Gasteiger partial charge in [0, 0.05) is 12.3 Å². The molecule has 1 saturated carbocycles. The van der Waals surface area contributed by atoms with Crippen LogP contribution in [0.15, 0.2) is 0 Å². The molecule has 0 bridgehead atoms. The fraction of sp³-hybridized carbons (Fsp3) is 0.857. The predicted molar refractivity (Wildman–Crippen MR) is 113 cm³/mol. The molecule has 0 aromatic carbocycles. The average Bonchev–Trinajstić information content (AvgIpc) is 2.69. The summed E-state index contributed by atoms with van der Waals surface area (Å²) in [5.74, 6) is -0.774. The Bertz CT molecular complexity index is 533. The SMILES string of the molecule is CC(C)C(=O)[C@H](CCN)NC(=O)[C@@H](NC(=O)CC(CN)C1CCCCC1)C(C)O. The number of carbonyl (C=O) groups excluding carboxylic acids is 3. The molecule has 0 heterocycles. The molecule has 2 amide bonds. The van der Waals surface area contributed by atoms with Crippen LogP contribution in [-0.4, -0.2) is 54.0 Å². The third kappa shape index (κ3) is 8.40. The van der Waals surface area contributed by atoms with Crippen LogP contribution in [-0.2, 0) is 14.4 Å². The molecule has 4 atom stereocenters. The molecular formula is C21H40N4O4. The monoisotopic (exact) mass is 412 g/mol. The molecule has 1 aliphatic rings. The maximum atomic E-state index is 12.7. The molecule has 0 radical (unpaired) electrons. The lowest BCUT2D eigenvalue weighted by atomic mass is 9.78. The number of amides is 2. The molecule has 0 aliphatic heterocycles. The van der Waals surface area contributed by atoms with Crippen LogP contribution in [0.4, 0.5) is 0 Å². The van der Waals surface area contributed by atoms with Crippen LogP contribution >= 0.6 is 0 Å². The second-order valence-electron chi connectivity index (χ2n) is 8.58. The number of aliphatic hydroxyl groups is 1. The summed E-state index contributed by atoms with van der Waals surface area (Å²) in [5, 5.41) is 15.3. The van der Waals surface area contributed by atoms with Gasteiger partial charge in [-0.1, -0.05) is 46.0 Å². The van der Waals surface area contributed by atoms with Gasteiger partial charge in [0.2, 0.25) is 11.8 Å². The minimum absolute atomic E-state index is 0.0699. The van der Waals surface area contributed by atoms with Crippen LogP contribution in [0, 0.1) is 17.8 Å². The van der Waals surface area contributed by atoms with E-state index < -0.39 is 24.1 Å². The zero-order valence-electron chi connectivity index (χ0n) is 18.2. The Hall–Kier alpha value is -1.51. The minimum atomic E-state index is -1.13. The highest BCUT2D eigenvalue weighted by atomic mass is 16.3. The lowest BCUT2D eigenvalue weighted by Gasteiger charge is -2.30. The number of nitrogens with two attached hydrogens (primary N) is 2. The number of hydrogen-bond donors (Lipinski definition) is 5. The van der Waals surface area contributed by atoms with Crippen molar-refractivity contribution in [2.75, 3.05) is 13.1 Å². The third-order valence-electron chi connectivity index (χ3n) is 5.83. The van der Waals surface area contributed by atoms with Gasteiger partial charge < -0.3 is 27.2 Å². The normalized spacial score (nSPS) is 19.3. The van der Waals surface area contributed by atoms with Crippen molar-refractivity contribution in [3.63, 3.8) is 0 Å². The van der Waals surface area contributed by atoms with Crippen LogP contribution in [0.1, 0.15) is 65.7 Å². The summed E-state index contributed by atoms with van der Waals surface area (Å²) in [4.78, 5) is 37.6. The minimum Gasteiger partial charge on any atom is -0.391 e. The molecule has 0 aromatic rings. The summed E-state index contributed by atoms with van der Waals surface area (Å²) in [6.07, 6.45) is 5.14. The number of carbonyl (C=O) groups is 3. The van der Waals surface area contributed by atoms with Crippen LogP contribution in [0.3, 0.4) is 0 Å². The molecule has 0 aromatic heterocycles. The Morgan fingerprint density at radius 2 is 1.66 bits per heavy atom. The van der Waals surface area contributed by atoms with Crippen molar-refractivity contribution in [3.8, 4) is 0 Å². The van der Waals surface area contributed by atoms with E-state index in [1.54, 1.807) is 13.8 Å². The average molecular weight is 413 g/mol. The highest BCUT2D eigenvalue weighted by Crippen LogP contribution is 2.31. The summed E-state index contributed by atoms with van der Waals surface area (Å²) < 4.78 is 0. The first kappa shape index (κ1) is 25.5. The summed E-state index contributed by atoms with van der Waals surface area (Å²) in [6, 6.07) is -1.86. The fourth-order valence-corrected chi connectivity index (χ4v) is 4.04. The second-order valence-corrected chi connectivity index (χ2v) is 8.58. The number of ketones is 1. The summed E-state index contributed by atoms with van der Waals surface area (Å²) in [6.45, 7) is 5.61. The number of aliphatic hydroxyl groups excluding tert-OH is 1. The Morgan fingerprint density at radius 1 is 1.03 bits per heavy atom. The van der Waals surface area contributed by atoms with E-state index in [9.17, 15) is 19.5 Å². The van der Waals surface area contributed by atoms with Crippen LogP contribution < -0.4 is 22.1 Å². The Balaban J connectivity index is 2.73. The van der Waals surface area contributed by atoms with Gasteiger partial charge in [0.1, 0.15) is 6.04 Å². The van der Waals surface area contributed by atoms with Gasteiger partial charge in [0.05, 0.1) is 12.1 Å². The highest BCUT2D eigenvalue weighted by Gasteiger charge is 2.31. The molecule has 168 valence electrons. The van der Waals surface area contributed by atoms with Crippen molar-refractivity contribution in [3.05, 3.63) is 0 Å². The van der Waals surface area contributed by atoms with Gasteiger partial charge in [-0.25, -0.2) is 0 Å². The van der Waals surface area contributed by atoms with Crippen molar-refractivity contribution < 1.29 is 19.5 Å². The van der Waals surface area contributed by atoms with Gasteiger partial charge in [0.25, 0.3) is 0 Å². The van der Waals surface area contributed by atoms with Crippen molar-refractivity contribution >= 4 is 17.6 Å².